The van der Waals surface area contributed by atoms with Crippen molar-refractivity contribution in [3.8, 4) is 0 Å². The molecule has 5 atom stereocenters. The van der Waals surface area contributed by atoms with Crippen LogP contribution in [0.3, 0.4) is 0 Å². The van der Waals surface area contributed by atoms with E-state index in [1.165, 1.54) is 12.5 Å². The summed E-state index contributed by atoms with van der Waals surface area (Å²) in [7, 11) is -3.10. The zero-order chi connectivity index (χ0) is 15.9. The van der Waals surface area contributed by atoms with E-state index in [0.29, 0.717) is 11.0 Å². The van der Waals surface area contributed by atoms with Gasteiger partial charge in [0.2, 0.25) is 0 Å². The topological polar surface area (TPSA) is 106 Å². The van der Waals surface area contributed by atoms with E-state index in [4.69, 9.17) is 14.2 Å². The molecule has 0 aliphatic carbocycles. The largest absolute Gasteiger partial charge is 0.352 e. The minimum atomic E-state index is -3.10. The van der Waals surface area contributed by atoms with E-state index in [1.54, 1.807) is 10.6 Å². The first-order valence-corrected chi connectivity index (χ1v) is 8.38. The second-order valence-corrected chi connectivity index (χ2v) is 6.14. The molecule has 3 heterocycles. The van der Waals surface area contributed by atoms with Crippen LogP contribution in [0.5, 0.6) is 0 Å². The van der Waals surface area contributed by atoms with Crippen LogP contribution >= 0.6 is 8.25 Å². The second kappa shape index (κ2) is 5.96. The first-order valence-electron chi connectivity index (χ1n) is 7.12. The summed E-state index contributed by atoms with van der Waals surface area (Å²) in [6, 6.07) is 1.72. The molecule has 1 fully saturated rings. The molecule has 2 N–H and O–H groups in total. The second-order valence-electron chi connectivity index (χ2n) is 5.37. The van der Waals surface area contributed by atoms with Crippen LogP contribution in [-0.2, 0) is 13.8 Å². The van der Waals surface area contributed by atoms with E-state index in [1.807, 2.05) is 13.8 Å². The van der Waals surface area contributed by atoms with Crippen molar-refractivity contribution in [2.24, 2.45) is 5.92 Å². The van der Waals surface area contributed by atoms with Crippen molar-refractivity contribution in [2.75, 3.05) is 0 Å². The summed E-state index contributed by atoms with van der Waals surface area (Å²) in [4.78, 5) is 27.6. The van der Waals surface area contributed by atoms with Gasteiger partial charge >= 0.3 is 8.25 Å². The summed E-state index contributed by atoms with van der Waals surface area (Å²) >= 11 is 0. The smallest absolute Gasteiger partial charge is 0.317 e. The van der Waals surface area contributed by atoms with Crippen LogP contribution in [-0.4, -0.2) is 31.6 Å². The molecule has 9 heteroatoms. The molecule has 2 aromatic heterocycles. The van der Waals surface area contributed by atoms with Crippen molar-refractivity contribution >= 4 is 19.3 Å². The fraction of sp³-hybridized carbons (Fsp3) is 0.538. The predicted octanol–water partition coefficient (Wildman–Crippen LogP) is 1.44. The van der Waals surface area contributed by atoms with E-state index < -0.39 is 20.6 Å². The van der Waals surface area contributed by atoms with Gasteiger partial charge in [0.25, 0.3) is 5.56 Å². The Morgan fingerprint density at radius 2 is 2.36 bits per heavy atom. The average Bonchev–Trinajstić information content (AvgIpc) is 3.02. The molecular formula is C13H18N3O5P. The molecule has 0 spiro atoms. The molecule has 3 rings (SSSR count). The van der Waals surface area contributed by atoms with Crippen molar-refractivity contribution in [3.05, 3.63) is 28.9 Å². The van der Waals surface area contributed by atoms with Crippen LogP contribution in [0.4, 0.5) is 0 Å². The average molecular weight is 327 g/mol. The van der Waals surface area contributed by atoms with Gasteiger partial charge in [-0.15, -0.1) is 0 Å². The van der Waals surface area contributed by atoms with E-state index in [0.717, 1.165) is 6.42 Å². The number of ether oxygens (including phenoxy) is 1. The molecule has 0 bridgehead atoms. The Morgan fingerprint density at radius 1 is 1.59 bits per heavy atom. The van der Waals surface area contributed by atoms with Crippen LogP contribution < -0.4 is 5.56 Å². The molecule has 1 unspecified atom stereocenters. The lowest BCUT2D eigenvalue weighted by Crippen LogP contribution is -2.25. The Bertz CT molecular complexity index is 757. The molecular weight excluding hydrogens is 309 g/mol. The standard InChI is InChI=1S/C13H18N3O5P/c1-3-9-7(2)11(21-22(18)19)13(20-9)16-6-15-10-8(16)4-5-14-12(10)17/h4-7,9,11,13,22H,3H2,1-2H3,(H,14,17)(H,18,19)/t7-,9-,11-,13-/m1/s1. The van der Waals surface area contributed by atoms with Crippen LogP contribution in [0.25, 0.3) is 11.0 Å². The normalized spacial score (nSPS) is 30.0. The molecule has 1 aliphatic heterocycles. The zero-order valence-corrected chi connectivity index (χ0v) is 13.2. The number of nitrogens with zero attached hydrogens (tertiary/aromatic N) is 2. The highest BCUT2D eigenvalue weighted by Crippen LogP contribution is 2.41. The molecule has 1 aliphatic rings. The first-order chi connectivity index (χ1) is 10.5. The van der Waals surface area contributed by atoms with E-state index in [2.05, 4.69) is 9.97 Å². The lowest BCUT2D eigenvalue weighted by molar-refractivity contribution is -0.0294. The minimum absolute atomic E-state index is 0.0458. The number of H-pyrrole nitrogens is 1. The highest BCUT2D eigenvalue weighted by atomic mass is 31.1. The van der Waals surface area contributed by atoms with Gasteiger partial charge in [-0.3, -0.25) is 9.36 Å². The maximum absolute atomic E-state index is 11.8. The lowest BCUT2D eigenvalue weighted by atomic mass is 9.99. The monoisotopic (exact) mass is 327 g/mol. The van der Waals surface area contributed by atoms with Gasteiger partial charge in [0.05, 0.1) is 17.9 Å². The maximum Gasteiger partial charge on any atom is 0.317 e. The van der Waals surface area contributed by atoms with Gasteiger partial charge in [-0.25, -0.2) is 4.98 Å². The summed E-state index contributed by atoms with van der Waals surface area (Å²) in [5, 5.41) is 0. The van der Waals surface area contributed by atoms with Gasteiger partial charge in [0, 0.05) is 12.1 Å². The van der Waals surface area contributed by atoms with Crippen molar-refractivity contribution in [2.45, 2.75) is 38.7 Å². The van der Waals surface area contributed by atoms with Crippen molar-refractivity contribution in [1.82, 2.24) is 14.5 Å². The molecule has 0 amide bonds. The first kappa shape index (κ1) is 15.4. The Balaban J connectivity index is 2.05. The Hall–Kier alpha value is -1.47. The van der Waals surface area contributed by atoms with Gasteiger partial charge < -0.3 is 23.7 Å². The van der Waals surface area contributed by atoms with Gasteiger partial charge in [-0.2, -0.15) is 0 Å². The quantitative estimate of drug-likeness (QED) is 0.823. The van der Waals surface area contributed by atoms with Crippen LogP contribution in [0.1, 0.15) is 26.5 Å². The molecule has 0 radical (unpaired) electrons. The number of pyridine rings is 1. The van der Waals surface area contributed by atoms with E-state index in [-0.39, 0.29) is 17.6 Å². The number of hydrogen-bond donors (Lipinski definition) is 2. The van der Waals surface area contributed by atoms with Crippen molar-refractivity contribution < 1.29 is 18.7 Å². The highest BCUT2D eigenvalue weighted by Gasteiger charge is 2.44. The minimum Gasteiger partial charge on any atom is -0.352 e. The molecule has 22 heavy (non-hydrogen) atoms. The number of fused-ring (bicyclic) bond motifs is 1. The Morgan fingerprint density at radius 3 is 3.05 bits per heavy atom. The maximum atomic E-state index is 11.8. The van der Waals surface area contributed by atoms with E-state index in [9.17, 15) is 9.36 Å². The Kier molecular flexibility index (Phi) is 4.18. The molecule has 1 saturated heterocycles. The summed E-state index contributed by atoms with van der Waals surface area (Å²) in [6.45, 7) is 3.91. The molecule has 120 valence electrons. The van der Waals surface area contributed by atoms with E-state index >= 15 is 0 Å². The van der Waals surface area contributed by atoms with Crippen LogP contribution in [0.2, 0.25) is 0 Å². The van der Waals surface area contributed by atoms with Crippen molar-refractivity contribution in [1.29, 1.82) is 0 Å². The molecule has 2 aromatic rings. The summed E-state index contributed by atoms with van der Waals surface area (Å²) in [5.74, 6) is -0.0458. The fourth-order valence-corrected chi connectivity index (χ4v) is 3.57. The zero-order valence-electron chi connectivity index (χ0n) is 12.2. The van der Waals surface area contributed by atoms with Crippen molar-refractivity contribution in [3.63, 3.8) is 0 Å². The third-order valence-electron chi connectivity index (χ3n) is 4.12. The SMILES string of the molecule is CC[C@H]1O[C@@H](n2cnc3c(=O)[nH]ccc32)[C@H](O[PH](=O)O)[C@@H]1C. The Labute approximate surface area is 127 Å². The number of aromatic amines is 1. The number of hydrogen-bond acceptors (Lipinski definition) is 5. The van der Waals surface area contributed by atoms with Gasteiger partial charge in [0.15, 0.2) is 11.7 Å². The fourth-order valence-electron chi connectivity index (χ4n) is 3.00. The highest BCUT2D eigenvalue weighted by molar-refractivity contribution is 7.32. The van der Waals surface area contributed by atoms with Gasteiger partial charge in [-0.1, -0.05) is 13.8 Å². The number of aromatic nitrogens is 3. The molecule has 0 saturated carbocycles. The van der Waals surface area contributed by atoms with Gasteiger partial charge in [0.1, 0.15) is 6.10 Å². The van der Waals surface area contributed by atoms with Crippen LogP contribution in [0.15, 0.2) is 23.4 Å². The van der Waals surface area contributed by atoms with Gasteiger partial charge in [-0.05, 0) is 12.5 Å². The predicted molar refractivity (Wildman–Crippen MR) is 79.8 cm³/mol. The number of rotatable bonds is 4. The number of nitrogens with one attached hydrogen (secondary N) is 1. The number of imidazole rings is 1. The summed E-state index contributed by atoms with van der Waals surface area (Å²) in [5.41, 5.74) is 0.612. The third-order valence-corrected chi connectivity index (χ3v) is 4.59. The van der Waals surface area contributed by atoms with Crippen LogP contribution in [0, 0.1) is 5.92 Å². The third kappa shape index (κ3) is 2.52. The molecule has 0 aromatic carbocycles. The lowest BCUT2D eigenvalue weighted by Gasteiger charge is -2.21. The molecule has 8 nitrogen and oxygen atoms in total. The summed E-state index contributed by atoms with van der Waals surface area (Å²) < 4.78 is 24.0. The summed E-state index contributed by atoms with van der Waals surface area (Å²) in [6.07, 6.45) is 2.54.